The topological polar surface area (TPSA) is 47.7 Å². The van der Waals surface area contributed by atoms with Gasteiger partial charge >= 0.3 is 0 Å². The molecule has 0 aromatic carbocycles. The molecule has 1 atom stereocenters. The molecule has 0 fully saturated rings. The molecule has 0 aliphatic carbocycles. The fourth-order valence-electron chi connectivity index (χ4n) is 2.18. The molecular formula is C14H23N5. The van der Waals surface area contributed by atoms with Crippen LogP contribution < -0.4 is 5.32 Å². The Morgan fingerprint density at radius 1 is 1.32 bits per heavy atom. The Labute approximate surface area is 114 Å². The van der Waals surface area contributed by atoms with E-state index in [4.69, 9.17) is 0 Å². The van der Waals surface area contributed by atoms with E-state index >= 15 is 0 Å². The zero-order valence-corrected chi connectivity index (χ0v) is 12.2. The first kappa shape index (κ1) is 13.6. The van der Waals surface area contributed by atoms with Crippen molar-refractivity contribution in [3.63, 3.8) is 0 Å². The van der Waals surface area contributed by atoms with Crippen molar-refractivity contribution in [2.45, 2.75) is 53.2 Å². The van der Waals surface area contributed by atoms with Gasteiger partial charge in [0.15, 0.2) is 0 Å². The molecule has 0 spiro atoms. The van der Waals surface area contributed by atoms with E-state index in [9.17, 15) is 0 Å². The highest BCUT2D eigenvalue weighted by atomic mass is 15.3. The van der Waals surface area contributed by atoms with Crippen molar-refractivity contribution in [2.24, 2.45) is 0 Å². The second-order valence-corrected chi connectivity index (χ2v) is 4.84. The van der Waals surface area contributed by atoms with E-state index in [2.05, 4.69) is 54.0 Å². The molecule has 2 aromatic rings. The molecule has 0 aliphatic rings. The minimum absolute atomic E-state index is 0.436. The van der Waals surface area contributed by atoms with Crippen molar-refractivity contribution in [3.05, 3.63) is 29.8 Å². The summed E-state index contributed by atoms with van der Waals surface area (Å²) in [7, 11) is 0. The molecular weight excluding hydrogens is 238 g/mol. The monoisotopic (exact) mass is 261 g/mol. The number of aromatic nitrogens is 4. The number of hydrogen-bond donors (Lipinski definition) is 1. The van der Waals surface area contributed by atoms with Crippen molar-refractivity contribution in [1.29, 1.82) is 0 Å². The van der Waals surface area contributed by atoms with Gasteiger partial charge in [0.25, 0.3) is 0 Å². The van der Waals surface area contributed by atoms with Crippen LogP contribution in [-0.4, -0.2) is 19.6 Å². The molecule has 1 unspecified atom stereocenters. The van der Waals surface area contributed by atoms with E-state index in [-0.39, 0.29) is 0 Å². The van der Waals surface area contributed by atoms with Crippen molar-refractivity contribution >= 4 is 5.69 Å². The van der Waals surface area contributed by atoms with E-state index in [1.807, 2.05) is 17.1 Å². The third-order valence-corrected chi connectivity index (χ3v) is 3.62. The number of aryl methyl sites for hydroxylation is 1. The summed E-state index contributed by atoms with van der Waals surface area (Å²) in [6.45, 7) is 10.2. The molecule has 0 amide bonds. The summed E-state index contributed by atoms with van der Waals surface area (Å²) in [5, 5.41) is 12.2. The second-order valence-electron chi connectivity index (χ2n) is 4.84. The zero-order valence-electron chi connectivity index (χ0n) is 12.2. The predicted molar refractivity (Wildman–Crippen MR) is 77.2 cm³/mol. The predicted octanol–water partition coefficient (Wildman–Crippen LogP) is 2.99. The SMILES string of the molecule is CCC(C)n1nccc1CNc1cnn(CC)c1C. The van der Waals surface area contributed by atoms with Crippen LogP contribution in [0.5, 0.6) is 0 Å². The molecule has 1 N–H and O–H groups in total. The van der Waals surface area contributed by atoms with Gasteiger partial charge in [-0.25, -0.2) is 0 Å². The van der Waals surface area contributed by atoms with Gasteiger partial charge in [0.05, 0.1) is 29.8 Å². The Morgan fingerprint density at radius 2 is 2.11 bits per heavy atom. The molecule has 19 heavy (non-hydrogen) atoms. The summed E-state index contributed by atoms with van der Waals surface area (Å²) in [4.78, 5) is 0. The number of anilines is 1. The van der Waals surface area contributed by atoms with Gasteiger partial charge in [0, 0.05) is 18.8 Å². The van der Waals surface area contributed by atoms with E-state index in [0.717, 1.165) is 25.2 Å². The molecule has 0 saturated heterocycles. The van der Waals surface area contributed by atoms with Crippen LogP contribution in [0, 0.1) is 6.92 Å². The lowest BCUT2D eigenvalue weighted by Gasteiger charge is -2.14. The Bertz CT molecular complexity index is 526. The van der Waals surface area contributed by atoms with Gasteiger partial charge in [-0.1, -0.05) is 6.92 Å². The molecule has 0 aliphatic heterocycles. The van der Waals surface area contributed by atoms with E-state index in [1.54, 1.807) is 0 Å². The quantitative estimate of drug-likeness (QED) is 0.869. The van der Waals surface area contributed by atoms with Crippen LogP contribution in [0.3, 0.4) is 0 Å². The molecule has 5 nitrogen and oxygen atoms in total. The average molecular weight is 261 g/mol. The van der Waals surface area contributed by atoms with E-state index in [0.29, 0.717) is 6.04 Å². The van der Waals surface area contributed by atoms with Crippen LogP contribution in [0.2, 0.25) is 0 Å². The van der Waals surface area contributed by atoms with Crippen molar-refractivity contribution in [2.75, 3.05) is 5.32 Å². The zero-order chi connectivity index (χ0) is 13.8. The highest BCUT2D eigenvalue weighted by molar-refractivity contribution is 5.45. The molecule has 2 rings (SSSR count). The Hall–Kier alpha value is -1.78. The maximum Gasteiger partial charge on any atom is 0.0759 e. The first-order valence-corrected chi connectivity index (χ1v) is 6.96. The van der Waals surface area contributed by atoms with Crippen LogP contribution >= 0.6 is 0 Å². The first-order chi connectivity index (χ1) is 9.17. The van der Waals surface area contributed by atoms with Gasteiger partial charge in [-0.05, 0) is 33.3 Å². The standard InChI is InChI=1S/C14H23N5/c1-5-11(3)19-13(7-8-16-19)9-15-14-10-17-18(6-2)12(14)4/h7-8,10-11,15H,5-6,9H2,1-4H3. The molecule has 0 bridgehead atoms. The lowest BCUT2D eigenvalue weighted by molar-refractivity contribution is 0.462. The average Bonchev–Trinajstić information content (AvgIpc) is 3.02. The van der Waals surface area contributed by atoms with Crippen LogP contribution in [0.25, 0.3) is 0 Å². The maximum absolute atomic E-state index is 4.40. The summed E-state index contributed by atoms with van der Waals surface area (Å²) in [5.74, 6) is 0. The molecule has 104 valence electrons. The maximum atomic E-state index is 4.40. The van der Waals surface area contributed by atoms with Crippen molar-refractivity contribution in [1.82, 2.24) is 19.6 Å². The largest absolute Gasteiger partial charge is 0.377 e. The van der Waals surface area contributed by atoms with Gasteiger partial charge in [-0.15, -0.1) is 0 Å². The van der Waals surface area contributed by atoms with Crippen LogP contribution in [-0.2, 0) is 13.1 Å². The van der Waals surface area contributed by atoms with Gasteiger partial charge in [-0.2, -0.15) is 10.2 Å². The summed E-state index contributed by atoms with van der Waals surface area (Å²) in [6.07, 6.45) is 4.84. The second kappa shape index (κ2) is 5.91. The van der Waals surface area contributed by atoms with Gasteiger partial charge < -0.3 is 5.32 Å². The Balaban J connectivity index is 2.06. The third kappa shape index (κ3) is 2.80. The number of rotatable bonds is 6. The summed E-state index contributed by atoms with van der Waals surface area (Å²) in [5.41, 5.74) is 3.48. The number of nitrogens with one attached hydrogen (secondary N) is 1. The lowest BCUT2D eigenvalue weighted by atomic mass is 10.2. The van der Waals surface area contributed by atoms with Crippen LogP contribution in [0.15, 0.2) is 18.5 Å². The highest BCUT2D eigenvalue weighted by Crippen LogP contribution is 2.17. The van der Waals surface area contributed by atoms with Gasteiger partial charge in [0.2, 0.25) is 0 Å². The van der Waals surface area contributed by atoms with E-state index in [1.165, 1.54) is 11.4 Å². The molecule has 0 radical (unpaired) electrons. The normalized spacial score (nSPS) is 12.6. The fraction of sp³-hybridized carbons (Fsp3) is 0.571. The molecule has 5 heteroatoms. The smallest absolute Gasteiger partial charge is 0.0759 e. The van der Waals surface area contributed by atoms with Gasteiger partial charge in [0.1, 0.15) is 0 Å². The summed E-state index contributed by atoms with van der Waals surface area (Å²) >= 11 is 0. The van der Waals surface area contributed by atoms with Crippen LogP contribution in [0.4, 0.5) is 5.69 Å². The number of nitrogens with zero attached hydrogens (tertiary/aromatic N) is 4. The molecule has 2 aromatic heterocycles. The van der Waals surface area contributed by atoms with Crippen LogP contribution in [0.1, 0.15) is 44.6 Å². The van der Waals surface area contributed by atoms with Gasteiger partial charge in [-0.3, -0.25) is 9.36 Å². The molecule has 0 saturated carbocycles. The minimum atomic E-state index is 0.436. The van der Waals surface area contributed by atoms with Crippen molar-refractivity contribution < 1.29 is 0 Å². The lowest BCUT2D eigenvalue weighted by Crippen LogP contribution is -2.12. The fourth-order valence-corrected chi connectivity index (χ4v) is 2.18. The third-order valence-electron chi connectivity index (χ3n) is 3.62. The molecule has 2 heterocycles. The highest BCUT2D eigenvalue weighted by Gasteiger charge is 2.09. The first-order valence-electron chi connectivity index (χ1n) is 6.96. The van der Waals surface area contributed by atoms with E-state index < -0.39 is 0 Å². The van der Waals surface area contributed by atoms with Crippen molar-refractivity contribution in [3.8, 4) is 0 Å². The number of hydrogen-bond acceptors (Lipinski definition) is 3. The summed E-state index contributed by atoms with van der Waals surface area (Å²) < 4.78 is 4.08. The summed E-state index contributed by atoms with van der Waals surface area (Å²) in [6, 6.07) is 2.50. The Kier molecular flexibility index (Phi) is 4.24. The minimum Gasteiger partial charge on any atom is -0.377 e. The Morgan fingerprint density at radius 3 is 2.74 bits per heavy atom.